The summed E-state index contributed by atoms with van der Waals surface area (Å²) in [6.45, 7) is 2.08. The van der Waals surface area contributed by atoms with Gasteiger partial charge in [-0.25, -0.2) is 5.43 Å². The van der Waals surface area contributed by atoms with Gasteiger partial charge in [0.1, 0.15) is 5.84 Å². The van der Waals surface area contributed by atoms with Crippen LogP contribution in [0.4, 0.5) is 5.69 Å². The molecule has 0 radical (unpaired) electrons. The second-order valence-electron chi connectivity index (χ2n) is 5.95. The van der Waals surface area contributed by atoms with Gasteiger partial charge in [-0.1, -0.05) is 6.08 Å². The van der Waals surface area contributed by atoms with Crippen LogP contribution >= 0.6 is 0 Å². The second-order valence-corrected chi connectivity index (χ2v) is 5.95. The topological polar surface area (TPSA) is 120 Å². The van der Waals surface area contributed by atoms with Gasteiger partial charge < -0.3 is 10.4 Å². The number of amides is 1. The number of nitrogens with one attached hydrogen (secondary N) is 2. The van der Waals surface area contributed by atoms with Gasteiger partial charge in [-0.05, 0) is 29.7 Å². The highest BCUT2D eigenvalue weighted by atomic mass is 16.6. The number of β-amino-alcohol motifs (C(OH)–C–C–N with tert-alkyl or cyclic N) is 1. The molecule has 0 aliphatic carbocycles. The normalized spacial score (nSPS) is 19.3. The molecule has 0 saturated carbocycles. The van der Waals surface area contributed by atoms with Crippen LogP contribution in [-0.2, 0) is 4.79 Å². The van der Waals surface area contributed by atoms with Crippen molar-refractivity contribution in [1.82, 2.24) is 15.6 Å². The van der Waals surface area contributed by atoms with Crippen LogP contribution in [0.5, 0.6) is 0 Å². The molecule has 9 heteroatoms. The summed E-state index contributed by atoms with van der Waals surface area (Å²) in [6.07, 6.45) is 2.07. The average Bonchev–Trinajstić information content (AvgIpc) is 2.63. The first kappa shape index (κ1) is 17.1. The highest BCUT2D eigenvalue weighted by Crippen LogP contribution is 2.20. The van der Waals surface area contributed by atoms with Crippen molar-refractivity contribution < 1.29 is 14.8 Å². The number of non-ortho nitro benzene ring substituents is 1. The van der Waals surface area contributed by atoms with Crippen LogP contribution < -0.4 is 10.7 Å². The van der Waals surface area contributed by atoms with Crippen LogP contribution in [0.1, 0.15) is 18.1 Å². The third kappa shape index (κ3) is 4.20. The number of nitro groups is 1. The predicted molar refractivity (Wildman–Crippen MR) is 90.8 cm³/mol. The van der Waals surface area contributed by atoms with Crippen LogP contribution in [0, 0.1) is 10.1 Å². The first-order chi connectivity index (χ1) is 12.0. The zero-order chi connectivity index (χ0) is 17.8. The van der Waals surface area contributed by atoms with Crippen LogP contribution in [0.3, 0.4) is 0 Å². The van der Waals surface area contributed by atoms with Gasteiger partial charge in [0.25, 0.3) is 11.6 Å². The molecular formula is C16H19N5O4. The van der Waals surface area contributed by atoms with E-state index in [9.17, 15) is 20.0 Å². The van der Waals surface area contributed by atoms with E-state index in [1.54, 1.807) is 12.1 Å². The largest absolute Gasteiger partial charge is 0.387 e. The molecule has 0 spiro atoms. The van der Waals surface area contributed by atoms with E-state index >= 15 is 0 Å². The van der Waals surface area contributed by atoms with Gasteiger partial charge in [-0.15, -0.1) is 0 Å². The lowest BCUT2D eigenvalue weighted by molar-refractivity contribution is -0.384. The van der Waals surface area contributed by atoms with Gasteiger partial charge >= 0.3 is 0 Å². The number of nitro benzene ring substituents is 1. The number of carbonyl (C=O) groups excluding carboxylic acids is 1. The van der Waals surface area contributed by atoms with Gasteiger partial charge in [0.05, 0.1) is 17.6 Å². The Labute approximate surface area is 144 Å². The summed E-state index contributed by atoms with van der Waals surface area (Å²) in [7, 11) is 0. The Morgan fingerprint density at radius 3 is 2.68 bits per heavy atom. The van der Waals surface area contributed by atoms with Crippen LogP contribution in [0.15, 0.2) is 41.0 Å². The lowest BCUT2D eigenvalue weighted by Crippen LogP contribution is -2.44. The molecule has 0 fully saturated rings. The molecule has 2 aliphatic rings. The number of hydrazone groups is 1. The second kappa shape index (κ2) is 7.41. The van der Waals surface area contributed by atoms with Crippen molar-refractivity contribution in [2.24, 2.45) is 5.10 Å². The first-order valence-electron chi connectivity index (χ1n) is 7.97. The van der Waals surface area contributed by atoms with Crippen LogP contribution in [-0.4, -0.2) is 52.9 Å². The lowest BCUT2D eigenvalue weighted by atomic mass is 10.0. The van der Waals surface area contributed by atoms with Crippen molar-refractivity contribution in [2.75, 3.05) is 26.2 Å². The Morgan fingerprint density at radius 2 is 2.12 bits per heavy atom. The maximum absolute atomic E-state index is 11.1. The minimum atomic E-state index is -0.708. The highest BCUT2D eigenvalue weighted by molar-refractivity contribution is 6.02. The third-order valence-corrected chi connectivity index (χ3v) is 4.23. The monoisotopic (exact) mass is 345 g/mol. The van der Waals surface area contributed by atoms with E-state index in [4.69, 9.17) is 0 Å². The van der Waals surface area contributed by atoms with E-state index < -0.39 is 11.0 Å². The summed E-state index contributed by atoms with van der Waals surface area (Å²) in [6, 6.07) is 5.96. The number of rotatable bonds is 5. The first-order valence-corrected chi connectivity index (χ1v) is 7.97. The van der Waals surface area contributed by atoms with Crippen molar-refractivity contribution in [1.29, 1.82) is 0 Å². The van der Waals surface area contributed by atoms with Crippen LogP contribution in [0.2, 0.25) is 0 Å². The van der Waals surface area contributed by atoms with Crippen molar-refractivity contribution in [3.63, 3.8) is 0 Å². The maximum Gasteiger partial charge on any atom is 0.269 e. The molecule has 0 saturated heterocycles. The minimum absolute atomic E-state index is 0.00865. The molecule has 9 nitrogen and oxygen atoms in total. The zero-order valence-corrected chi connectivity index (χ0v) is 13.5. The van der Waals surface area contributed by atoms with Crippen LogP contribution in [0.25, 0.3) is 0 Å². The van der Waals surface area contributed by atoms with Gasteiger partial charge in [0.15, 0.2) is 0 Å². The summed E-state index contributed by atoms with van der Waals surface area (Å²) in [5.74, 6) is 0.531. The molecule has 0 aromatic heterocycles. The fourth-order valence-corrected chi connectivity index (χ4v) is 2.81. The summed E-state index contributed by atoms with van der Waals surface area (Å²) in [4.78, 5) is 23.4. The molecule has 25 heavy (non-hydrogen) atoms. The third-order valence-electron chi connectivity index (χ3n) is 4.23. The number of nitrogens with zero attached hydrogens (tertiary/aromatic N) is 3. The molecule has 3 N–H and O–H groups in total. The Kier molecular flexibility index (Phi) is 5.05. The predicted octanol–water partition coefficient (Wildman–Crippen LogP) is 0.293. The van der Waals surface area contributed by atoms with Crippen molar-refractivity contribution in [3.8, 4) is 0 Å². The minimum Gasteiger partial charge on any atom is -0.387 e. The van der Waals surface area contributed by atoms with Gasteiger partial charge in [0, 0.05) is 31.8 Å². The highest BCUT2D eigenvalue weighted by Gasteiger charge is 2.21. The molecule has 1 unspecified atom stereocenters. The number of carbonyl (C=O) groups is 1. The number of aliphatic hydroxyl groups is 1. The summed E-state index contributed by atoms with van der Waals surface area (Å²) < 4.78 is 0. The van der Waals surface area contributed by atoms with Crippen molar-refractivity contribution in [2.45, 2.75) is 12.5 Å². The summed E-state index contributed by atoms with van der Waals surface area (Å²) >= 11 is 0. The number of hydrogen-bond donors (Lipinski definition) is 3. The summed E-state index contributed by atoms with van der Waals surface area (Å²) in [5.41, 5.74) is 4.16. The van der Waals surface area contributed by atoms with Gasteiger partial charge in [-0.2, -0.15) is 5.10 Å². The van der Waals surface area contributed by atoms with Crippen molar-refractivity contribution >= 4 is 17.4 Å². The molecule has 0 bridgehead atoms. The molecular weight excluding hydrogens is 326 g/mol. The lowest BCUT2D eigenvalue weighted by Gasteiger charge is -2.29. The SMILES string of the molecule is O=C1CNC(C2=CCN(CC(O)c3ccc([N+](=O)[O-])cc3)CC2)=NN1. The smallest absolute Gasteiger partial charge is 0.269 e. The molecule has 1 atom stereocenters. The van der Waals surface area contributed by atoms with E-state index in [0.29, 0.717) is 24.5 Å². The Bertz CT molecular complexity index is 729. The fourth-order valence-electron chi connectivity index (χ4n) is 2.81. The molecule has 2 heterocycles. The molecule has 1 aromatic rings. The van der Waals surface area contributed by atoms with Gasteiger partial charge in [-0.3, -0.25) is 19.8 Å². The van der Waals surface area contributed by atoms with E-state index in [0.717, 1.165) is 18.5 Å². The number of aliphatic hydroxyl groups excluding tert-OH is 1. The van der Waals surface area contributed by atoms with E-state index in [-0.39, 0.29) is 18.1 Å². The summed E-state index contributed by atoms with van der Waals surface area (Å²) in [5, 5.41) is 28.0. The standard InChI is InChI=1S/C16H19N5O4/c22-14(11-1-3-13(4-2-11)21(24)25)10-20-7-5-12(6-8-20)16-17-9-15(23)18-19-16/h1-5,14,22H,6-10H2,(H,17,19)(H,18,23). The number of amidine groups is 1. The molecule has 1 amide bonds. The maximum atomic E-state index is 11.1. The van der Waals surface area contributed by atoms with E-state index in [1.165, 1.54) is 12.1 Å². The Morgan fingerprint density at radius 1 is 1.36 bits per heavy atom. The fraction of sp³-hybridized carbons (Fsp3) is 0.375. The zero-order valence-electron chi connectivity index (χ0n) is 13.5. The van der Waals surface area contributed by atoms with E-state index in [2.05, 4.69) is 20.7 Å². The molecule has 132 valence electrons. The molecule has 3 rings (SSSR count). The quantitative estimate of drug-likeness (QED) is 0.521. The van der Waals surface area contributed by atoms with Crippen molar-refractivity contribution in [3.05, 3.63) is 51.6 Å². The van der Waals surface area contributed by atoms with Gasteiger partial charge in [0.2, 0.25) is 0 Å². The van der Waals surface area contributed by atoms with E-state index in [1.807, 2.05) is 6.08 Å². The number of benzene rings is 1. The molecule has 1 aromatic carbocycles. The average molecular weight is 345 g/mol. The Hall–Kier alpha value is -2.78. The number of hydrogen-bond acceptors (Lipinski definition) is 7. The Balaban J connectivity index is 1.56. The molecule has 2 aliphatic heterocycles.